The van der Waals surface area contributed by atoms with E-state index in [1.54, 1.807) is 0 Å². The van der Waals surface area contributed by atoms with Gasteiger partial charge in [-0.05, 0) is 72.7 Å². The summed E-state index contributed by atoms with van der Waals surface area (Å²) in [5, 5.41) is 2.19. The van der Waals surface area contributed by atoms with E-state index in [0.717, 1.165) is 32.4 Å². The Labute approximate surface area is 230 Å². The minimum Gasteiger partial charge on any atom is -0.341 e. The van der Waals surface area contributed by atoms with Crippen molar-refractivity contribution in [2.24, 2.45) is 5.92 Å². The molecule has 2 aromatic carbocycles. The number of amides is 2. The number of thiophene rings is 1. The van der Waals surface area contributed by atoms with Crippen LogP contribution < -0.4 is 0 Å². The van der Waals surface area contributed by atoms with Gasteiger partial charge < -0.3 is 9.80 Å². The van der Waals surface area contributed by atoms with Gasteiger partial charge in [0.2, 0.25) is 11.8 Å². The Balaban J connectivity index is 1.14. The molecule has 1 saturated carbocycles. The van der Waals surface area contributed by atoms with Crippen LogP contribution in [0.15, 0.2) is 66.0 Å². The van der Waals surface area contributed by atoms with Crippen LogP contribution >= 0.6 is 11.3 Å². The second kappa shape index (κ2) is 10.7. The van der Waals surface area contributed by atoms with E-state index >= 15 is 0 Å². The summed E-state index contributed by atoms with van der Waals surface area (Å²) in [5.74, 6) is 0.901. The topological polar surface area (TPSA) is 43.9 Å². The van der Waals surface area contributed by atoms with Crippen molar-refractivity contribution in [1.82, 2.24) is 14.7 Å². The van der Waals surface area contributed by atoms with Crippen molar-refractivity contribution in [2.45, 2.75) is 51.1 Å². The summed E-state index contributed by atoms with van der Waals surface area (Å²) in [6, 6.07) is 21.1. The molecular weight excluding hydrogens is 490 g/mol. The van der Waals surface area contributed by atoms with Crippen molar-refractivity contribution in [3.8, 4) is 0 Å². The summed E-state index contributed by atoms with van der Waals surface area (Å²) in [6.07, 6.45) is 2.76. The van der Waals surface area contributed by atoms with Gasteiger partial charge in [-0.1, -0.05) is 54.6 Å². The Bertz CT molecular complexity index is 1300. The third-order valence-electron chi connectivity index (χ3n) is 8.80. The SMILES string of the molecule is Cc1ccccc1[C@@H]1c2ccsc2CCN1[C@H](C)C(=O)N1CCCN(C(=O)[C@@H]2C[C@H]2c2ccccc2)CC1. The van der Waals surface area contributed by atoms with Crippen molar-refractivity contribution >= 4 is 23.2 Å². The van der Waals surface area contributed by atoms with Crippen LogP contribution in [0.2, 0.25) is 0 Å². The Morgan fingerprint density at radius 3 is 2.42 bits per heavy atom. The first-order chi connectivity index (χ1) is 18.5. The summed E-state index contributed by atoms with van der Waals surface area (Å²) in [6.45, 7) is 7.82. The van der Waals surface area contributed by atoms with E-state index in [9.17, 15) is 9.59 Å². The molecule has 1 aliphatic carbocycles. The van der Waals surface area contributed by atoms with E-state index in [4.69, 9.17) is 0 Å². The first-order valence-corrected chi connectivity index (χ1v) is 14.9. The molecule has 6 rings (SSSR count). The number of rotatable bonds is 5. The molecule has 0 N–H and O–H groups in total. The Morgan fingerprint density at radius 2 is 1.61 bits per heavy atom. The molecule has 3 aliphatic rings. The van der Waals surface area contributed by atoms with Crippen LogP contribution in [0.4, 0.5) is 0 Å². The van der Waals surface area contributed by atoms with Crippen LogP contribution in [0.5, 0.6) is 0 Å². The predicted octanol–water partition coefficient (Wildman–Crippen LogP) is 5.26. The van der Waals surface area contributed by atoms with Crippen molar-refractivity contribution in [2.75, 3.05) is 32.7 Å². The standard InChI is InChI=1S/C32H37N3O2S/c1-22-9-6-7-12-25(22)30-26-14-20-38-29(26)13-17-35(30)23(2)31(36)33-15-8-16-34(19-18-33)32(37)28-21-27(28)24-10-4-3-5-11-24/h3-7,9-12,14,20,23,27-28,30H,8,13,15-19,21H2,1-2H3/t23-,27+,28-,30-/m1/s1. The van der Waals surface area contributed by atoms with Crippen LogP contribution in [0.3, 0.4) is 0 Å². The van der Waals surface area contributed by atoms with Crippen LogP contribution in [0.25, 0.3) is 0 Å². The highest BCUT2D eigenvalue weighted by atomic mass is 32.1. The van der Waals surface area contributed by atoms with Gasteiger partial charge in [0.1, 0.15) is 0 Å². The molecule has 5 nitrogen and oxygen atoms in total. The molecule has 6 heteroatoms. The molecule has 38 heavy (non-hydrogen) atoms. The zero-order chi connectivity index (χ0) is 26.2. The van der Waals surface area contributed by atoms with Gasteiger partial charge in [-0.25, -0.2) is 0 Å². The van der Waals surface area contributed by atoms with Gasteiger partial charge in [-0.15, -0.1) is 11.3 Å². The van der Waals surface area contributed by atoms with Crippen molar-refractivity contribution in [3.63, 3.8) is 0 Å². The zero-order valence-corrected chi connectivity index (χ0v) is 23.2. The van der Waals surface area contributed by atoms with Crippen LogP contribution in [0.1, 0.15) is 58.9 Å². The number of hydrogen-bond donors (Lipinski definition) is 0. The van der Waals surface area contributed by atoms with Crippen LogP contribution in [-0.2, 0) is 16.0 Å². The third-order valence-corrected chi connectivity index (χ3v) is 9.79. The number of benzene rings is 2. The first kappa shape index (κ1) is 25.3. The number of fused-ring (bicyclic) bond motifs is 1. The molecule has 1 saturated heterocycles. The average molecular weight is 528 g/mol. The third kappa shape index (κ3) is 4.80. The quantitative estimate of drug-likeness (QED) is 0.455. The molecule has 2 amide bonds. The first-order valence-electron chi connectivity index (χ1n) is 14.0. The van der Waals surface area contributed by atoms with Crippen LogP contribution in [-0.4, -0.2) is 65.3 Å². The fourth-order valence-electron chi connectivity index (χ4n) is 6.53. The smallest absolute Gasteiger partial charge is 0.239 e. The van der Waals surface area contributed by atoms with E-state index in [0.29, 0.717) is 25.6 Å². The van der Waals surface area contributed by atoms with E-state index < -0.39 is 0 Å². The summed E-state index contributed by atoms with van der Waals surface area (Å²) < 4.78 is 0. The van der Waals surface area contributed by atoms with Gasteiger partial charge in [-0.2, -0.15) is 0 Å². The van der Waals surface area contributed by atoms with E-state index in [1.807, 2.05) is 27.2 Å². The summed E-state index contributed by atoms with van der Waals surface area (Å²) >= 11 is 1.83. The molecule has 3 heterocycles. The molecule has 4 atom stereocenters. The lowest BCUT2D eigenvalue weighted by Crippen LogP contribution is -2.51. The Morgan fingerprint density at radius 1 is 0.868 bits per heavy atom. The highest BCUT2D eigenvalue weighted by molar-refractivity contribution is 7.10. The molecule has 198 valence electrons. The van der Waals surface area contributed by atoms with E-state index in [2.05, 4.69) is 78.7 Å². The maximum absolute atomic E-state index is 13.9. The lowest BCUT2D eigenvalue weighted by Gasteiger charge is -2.41. The van der Waals surface area contributed by atoms with Gasteiger partial charge in [0.05, 0.1) is 12.1 Å². The lowest BCUT2D eigenvalue weighted by atomic mass is 9.89. The molecule has 2 fully saturated rings. The van der Waals surface area contributed by atoms with E-state index in [1.165, 1.54) is 27.1 Å². The van der Waals surface area contributed by atoms with Crippen molar-refractivity contribution in [3.05, 3.63) is 93.2 Å². The van der Waals surface area contributed by atoms with Crippen molar-refractivity contribution in [1.29, 1.82) is 0 Å². The highest BCUT2D eigenvalue weighted by Gasteiger charge is 2.46. The predicted molar refractivity (Wildman–Crippen MR) is 152 cm³/mol. The molecule has 0 radical (unpaired) electrons. The monoisotopic (exact) mass is 527 g/mol. The van der Waals surface area contributed by atoms with Gasteiger partial charge >= 0.3 is 0 Å². The second-order valence-corrected chi connectivity index (χ2v) is 12.1. The minimum absolute atomic E-state index is 0.0972. The maximum atomic E-state index is 13.9. The molecule has 0 bridgehead atoms. The summed E-state index contributed by atoms with van der Waals surface area (Å²) in [4.78, 5) is 35.1. The fraction of sp³-hybridized carbons (Fsp3) is 0.438. The highest BCUT2D eigenvalue weighted by Crippen LogP contribution is 2.48. The summed E-state index contributed by atoms with van der Waals surface area (Å²) in [5.41, 5.74) is 5.17. The molecule has 0 spiro atoms. The Hall–Kier alpha value is -2.96. The molecule has 2 aliphatic heterocycles. The van der Waals surface area contributed by atoms with Crippen molar-refractivity contribution < 1.29 is 9.59 Å². The number of aryl methyl sites for hydroxylation is 1. The van der Waals surface area contributed by atoms with Crippen LogP contribution in [0, 0.1) is 12.8 Å². The van der Waals surface area contributed by atoms with Gasteiger partial charge in [0.15, 0.2) is 0 Å². The molecule has 3 aromatic rings. The number of carbonyl (C=O) groups excluding carboxylic acids is 2. The average Bonchev–Trinajstić information content (AvgIpc) is 3.67. The Kier molecular flexibility index (Phi) is 7.10. The maximum Gasteiger partial charge on any atom is 0.239 e. The lowest BCUT2D eigenvalue weighted by molar-refractivity contribution is -0.138. The van der Waals surface area contributed by atoms with Gasteiger partial charge in [-0.3, -0.25) is 14.5 Å². The number of carbonyl (C=O) groups is 2. The minimum atomic E-state index is -0.221. The molecular formula is C32H37N3O2S. The number of nitrogens with zero attached hydrogens (tertiary/aromatic N) is 3. The largest absolute Gasteiger partial charge is 0.341 e. The normalized spacial score (nSPS) is 24.4. The number of hydrogen-bond acceptors (Lipinski definition) is 4. The molecule has 0 unspecified atom stereocenters. The molecule has 1 aromatic heterocycles. The van der Waals surface area contributed by atoms with Gasteiger partial charge in [0, 0.05) is 43.5 Å². The van der Waals surface area contributed by atoms with Gasteiger partial charge in [0.25, 0.3) is 0 Å². The fourth-order valence-corrected chi connectivity index (χ4v) is 7.43. The van der Waals surface area contributed by atoms with E-state index in [-0.39, 0.29) is 29.8 Å². The summed E-state index contributed by atoms with van der Waals surface area (Å²) in [7, 11) is 0. The second-order valence-electron chi connectivity index (χ2n) is 11.1. The zero-order valence-electron chi connectivity index (χ0n) is 22.4.